The Bertz CT molecular complexity index is 1030. The van der Waals surface area contributed by atoms with Crippen molar-refractivity contribution < 1.29 is 52.4 Å². The minimum atomic E-state index is -1.56. The smallest absolute Gasteiger partial charge is 0.339 e. The fraction of sp³-hybridized carbons (Fsp3) is 0.478. The molecule has 1 fully saturated rings. The van der Waals surface area contributed by atoms with Gasteiger partial charge in [0.15, 0.2) is 35.8 Å². The number of carbonyl (C=O) groups excluding carboxylic acids is 5. The van der Waals surface area contributed by atoms with Crippen molar-refractivity contribution in [3.05, 3.63) is 29.8 Å². The van der Waals surface area contributed by atoms with Gasteiger partial charge in [-0.1, -0.05) is 0 Å². The average molecular weight is 541 g/mol. The second kappa shape index (κ2) is 13.5. The van der Waals surface area contributed by atoms with Crippen LogP contribution >= 0.6 is 12.2 Å². The summed E-state index contributed by atoms with van der Waals surface area (Å²) < 4.78 is 31.3. The highest BCUT2D eigenvalue weighted by Crippen LogP contribution is 2.29. The molecule has 13 nitrogen and oxygen atoms in total. The van der Waals surface area contributed by atoms with E-state index in [9.17, 15) is 24.0 Å². The fourth-order valence-electron chi connectivity index (χ4n) is 3.43. The number of rotatable bonds is 8. The molecule has 0 unspecified atom stereocenters. The molecule has 1 heterocycles. The molecule has 0 aromatic heterocycles. The maximum absolute atomic E-state index is 12.5. The highest BCUT2D eigenvalue weighted by molar-refractivity contribution is 7.80. The Balaban J connectivity index is 2.31. The molecule has 0 aliphatic carbocycles. The predicted octanol–water partition coefficient (Wildman–Crippen LogP) is 0.843. The maximum atomic E-state index is 12.5. The van der Waals surface area contributed by atoms with Gasteiger partial charge in [0.2, 0.25) is 0 Å². The highest BCUT2D eigenvalue weighted by Gasteiger charge is 2.55. The summed E-state index contributed by atoms with van der Waals surface area (Å²) in [5, 5.41) is 5.57. The molecule has 1 aromatic rings. The Labute approximate surface area is 218 Å². The van der Waals surface area contributed by atoms with Crippen molar-refractivity contribution in [3.8, 4) is 0 Å². The molecule has 5 atom stereocenters. The molecule has 0 spiro atoms. The van der Waals surface area contributed by atoms with E-state index in [0.29, 0.717) is 11.3 Å². The third-order valence-electron chi connectivity index (χ3n) is 4.80. The molecule has 0 amide bonds. The van der Waals surface area contributed by atoms with Crippen molar-refractivity contribution in [2.45, 2.75) is 58.3 Å². The van der Waals surface area contributed by atoms with Crippen molar-refractivity contribution in [3.63, 3.8) is 0 Å². The van der Waals surface area contributed by atoms with Gasteiger partial charge in [0.1, 0.15) is 0 Å². The lowest BCUT2D eigenvalue weighted by atomic mass is 9.97. The molecule has 37 heavy (non-hydrogen) atoms. The number of hydrogen-bond acceptors (Lipinski definition) is 12. The SMILES string of the molecule is CCOC(=O)c1ccc(NC(=S)N[C@@H]2O[C@H](C(=O)OC)[C@@H](OC(C)=O)[C@H](OC(C)=O)[C@H]2OC(C)=O)cc1. The summed E-state index contributed by atoms with van der Waals surface area (Å²) in [6, 6.07) is 6.19. The van der Waals surface area contributed by atoms with E-state index in [-0.39, 0.29) is 11.7 Å². The van der Waals surface area contributed by atoms with Crippen molar-refractivity contribution >= 4 is 52.9 Å². The number of hydrogen-bond donors (Lipinski definition) is 2. The lowest BCUT2D eigenvalue weighted by Crippen LogP contribution is -2.67. The van der Waals surface area contributed by atoms with E-state index < -0.39 is 60.5 Å². The lowest BCUT2D eigenvalue weighted by molar-refractivity contribution is -0.250. The van der Waals surface area contributed by atoms with E-state index in [1.54, 1.807) is 19.1 Å². The van der Waals surface area contributed by atoms with Crippen LogP contribution in [-0.4, -0.2) is 79.3 Å². The monoisotopic (exact) mass is 540 g/mol. The summed E-state index contributed by atoms with van der Waals surface area (Å²) in [5.41, 5.74) is 0.808. The zero-order valence-corrected chi connectivity index (χ0v) is 21.6. The standard InChI is InChI=1S/C23H28N2O11S/c1-6-32-21(29)14-7-9-15(10-8-14)24-23(37)25-20-18(35-13(4)28)16(33-11(2)26)17(34-12(3)27)19(36-20)22(30)31-5/h7-10,16-20H,6H2,1-5H3,(H2,24,25,37)/t16-,17-,18+,19-,20+/m0/s1. The van der Waals surface area contributed by atoms with Crippen molar-refractivity contribution in [1.29, 1.82) is 0 Å². The summed E-state index contributed by atoms with van der Waals surface area (Å²) in [6.45, 7) is 5.21. The Morgan fingerprint density at radius 1 is 0.892 bits per heavy atom. The van der Waals surface area contributed by atoms with Gasteiger partial charge in [-0.05, 0) is 43.4 Å². The molecule has 1 aliphatic rings. The molecule has 1 aliphatic heterocycles. The molecular formula is C23H28N2O11S. The molecule has 14 heteroatoms. The van der Waals surface area contributed by atoms with E-state index in [2.05, 4.69) is 10.6 Å². The molecule has 1 aromatic carbocycles. The number of esters is 5. The predicted molar refractivity (Wildman–Crippen MR) is 129 cm³/mol. The summed E-state index contributed by atoms with van der Waals surface area (Å²) >= 11 is 5.32. The number of nitrogens with one attached hydrogen (secondary N) is 2. The van der Waals surface area contributed by atoms with E-state index in [1.807, 2.05) is 0 Å². The number of benzene rings is 1. The van der Waals surface area contributed by atoms with Gasteiger partial charge in [-0.2, -0.15) is 0 Å². The largest absolute Gasteiger partial charge is 0.467 e. The molecule has 0 saturated carbocycles. The first-order valence-electron chi connectivity index (χ1n) is 11.1. The summed E-state index contributed by atoms with van der Waals surface area (Å²) in [4.78, 5) is 59.8. The normalized spacial score (nSPS) is 22.6. The quantitative estimate of drug-likeness (QED) is 0.271. The van der Waals surface area contributed by atoms with Crippen LogP contribution in [-0.2, 0) is 47.6 Å². The molecule has 202 valence electrons. The van der Waals surface area contributed by atoms with E-state index in [1.165, 1.54) is 12.1 Å². The van der Waals surface area contributed by atoms with Crippen molar-refractivity contribution in [2.75, 3.05) is 19.0 Å². The van der Waals surface area contributed by atoms with Gasteiger partial charge in [-0.3, -0.25) is 14.4 Å². The first-order chi connectivity index (χ1) is 17.5. The van der Waals surface area contributed by atoms with Crippen LogP contribution < -0.4 is 10.6 Å². The van der Waals surface area contributed by atoms with Crippen LogP contribution in [0.3, 0.4) is 0 Å². The van der Waals surface area contributed by atoms with Gasteiger partial charge in [0, 0.05) is 26.5 Å². The summed E-state index contributed by atoms with van der Waals surface area (Å²) in [6.07, 6.45) is -7.24. The molecule has 1 saturated heterocycles. The zero-order chi connectivity index (χ0) is 27.7. The number of anilines is 1. The summed E-state index contributed by atoms with van der Waals surface area (Å²) in [5.74, 6) is -3.81. The minimum absolute atomic E-state index is 0.0397. The second-order valence-corrected chi connectivity index (χ2v) is 8.03. The van der Waals surface area contributed by atoms with Crippen LogP contribution in [0.5, 0.6) is 0 Å². The number of carbonyl (C=O) groups is 5. The van der Waals surface area contributed by atoms with Crippen LogP contribution in [0.2, 0.25) is 0 Å². The number of thiocarbonyl (C=S) groups is 1. The van der Waals surface area contributed by atoms with Crippen LogP contribution in [0, 0.1) is 0 Å². The van der Waals surface area contributed by atoms with Gasteiger partial charge < -0.3 is 39.1 Å². The van der Waals surface area contributed by atoms with Gasteiger partial charge in [0.05, 0.1) is 19.3 Å². The molecular weight excluding hydrogens is 512 g/mol. The maximum Gasteiger partial charge on any atom is 0.339 e. The van der Waals surface area contributed by atoms with Crippen molar-refractivity contribution in [1.82, 2.24) is 5.32 Å². The molecule has 2 rings (SSSR count). The van der Waals surface area contributed by atoms with E-state index in [0.717, 1.165) is 27.9 Å². The average Bonchev–Trinajstić information content (AvgIpc) is 2.81. The zero-order valence-electron chi connectivity index (χ0n) is 20.8. The third kappa shape index (κ3) is 8.39. The molecule has 0 bridgehead atoms. The second-order valence-electron chi connectivity index (χ2n) is 7.62. The van der Waals surface area contributed by atoms with Crippen LogP contribution in [0.4, 0.5) is 5.69 Å². The van der Waals surface area contributed by atoms with Crippen molar-refractivity contribution in [2.24, 2.45) is 0 Å². The summed E-state index contributed by atoms with van der Waals surface area (Å²) in [7, 11) is 1.09. The van der Waals surface area contributed by atoms with Gasteiger partial charge >= 0.3 is 29.8 Å². The third-order valence-corrected chi connectivity index (χ3v) is 5.02. The van der Waals surface area contributed by atoms with Gasteiger partial charge in [0.25, 0.3) is 0 Å². The molecule has 2 N–H and O–H groups in total. The first-order valence-corrected chi connectivity index (χ1v) is 11.5. The van der Waals surface area contributed by atoms with Gasteiger partial charge in [-0.15, -0.1) is 0 Å². The van der Waals surface area contributed by atoms with Crippen LogP contribution in [0.15, 0.2) is 24.3 Å². The van der Waals surface area contributed by atoms with Gasteiger partial charge in [-0.25, -0.2) is 9.59 Å². The highest BCUT2D eigenvalue weighted by atomic mass is 32.1. The van der Waals surface area contributed by atoms with Crippen LogP contribution in [0.25, 0.3) is 0 Å². The first kappa shape index (κ1) is 29.5. The fourth-order valence-corrected chi connectivity index (χ4v) is 3.67. The number of methoxy groups -OCH3 is 1. The van der Waals surface area contributed by atoms with E-state index >= 15 is 0 Å². The van der Waals surface area contributed by atoms with Crippen LogP contribution in [0.1, 0.15) is 38.1 Å². The lowest BCUT2D eigenvalue weighted by Gasteiger charge is -2.43. The minimum Gasteiger partial charge on any atom is -0.467 e. The van der Waals surface area contributed by atoms with E-state index in [4.69, 9.17) is 40.6 Å². The molecule has 0 radical (unpaired) electrons. The Kier molecular flexibility index (Phi) is 10.8. The Morgan fingerprint density at radius 2 is 1.43 bits per heavy atom. The topological polar surface area (TPSA) is 165 Å². The Hall–Kier alpha value is -3.78. The Morgan fingerprint density at radius 3 is 1.95 bits per heavy atom. The number of ether oxygens (including phenoxy) is 6.